The molecule has 5 nitrogen and oxygen atoms in total. The maximum atomic E-state index is 12.5. The van der Waals surface area contributed by atoms with E-state index in [2.05, 4.69) is 18.3 Å². The number of nitrogens with zero attached hydrogens (tertiary/aromatic N) is 1. The van der Waals surface area contributed by atoms with E-state index in [1.807, 2.05) is 44.2 Å². The van der Waals surface area contributed by atoms with Gasteiger partial charge in [0.15, 0.2) is 0 Å². The molecule has 1 N–H and O–H groups in total. The highest BCUT2D eigenvalue weighted by Crippen LogP contribution is 2.17. The van der Waals surface area contributed by atoms with Gasteiger partial charge in [0.25, 0.3) is 0 Å². The fourth-order valence-electron chi connectivity index (χ4n) is 2.54. The zero-order chi connectivity index (χ0) is 19.9. The van der Waals surface area contributed by atoms with Crippen LogP contribution < -0.4 is 10.1 Å². The van der Waals surface area contributed by atoms with Crippen molar-refractivity contribution in [2.45, 2.75) is 51.2 Å². The highest BCUT2D eigenvalue weighted by atomic mass is 32.2. The summed E-state index contributed by atoms with van der Waals surface area (Å²) >= 11 is 0. The van der Waals surface area contributed by atoms with Gasteiger partial charge in [-0.25, -0.2) is 8.42 Å². The predicted molar refractivity (Wildman–Crippen MR) is 109 cm³/mol. The molecule has 0 bridgehead atoms. The van der Waals surface area contributed by atoms with E-state index in [0.29, 0.717) is 11.4 Å². The average Bonchev–Trinajstić information content (AvgIpc) is 2.66. The lowest BCUT2D eigenvalue weighted by atomic mass is 10.2. The van der Waals surface area contributed by atoms with Crippen molar-refractivity contribution >= 4 is 10.0 Å². The lowest BCUT2D eigenvalue weighted by molar-refractivity contribution is 0.317. The number of hydrogen-bond acceptors (Lipinski definition) is 4. The van der Waals surface area contributed by atoms with Crippen molar-refractivity contribution in [1.82, 2.24) is 9.62 Å². The first kappa shape index (κ1) is 21.4. The van der Waals surface area contributed by atoms with E-state index < -0.39 is 10.0 Å². The zero-order valence-electron chi connectivity index (χ0n) is 16.6. The van der Waals surface area contributed by atoms with Gasteiger partial charge in [-0.1, -0.05) is 31.2 Å². The van der Waals surface area contributed by atoms with E-state index in [9.17, 15) is 8.42 Å². The third kappa shape index (κ3) is 6.06. The predicted octanol–water partition coefficient (Wildman–Crippen LogP) is 3.79. The highest BCUT2D eigenvalue weighted by Gasteiger charge is 2.22. The summed E-state index contributed by atoms with van der Waals surface area (Å²) < 4.78 is 32.0. The minimum atomic E-state index is -3.43. The van der Waals surface area contributed by atoms with E-state index in [-0.39, 0.29) is 6.04 Å². The van der Waals surface area contributed by atoms with E-state index in [1.54, 1.807) is 19.2 Å². The van der Waals surface area contributed by atoms with Gasteiger partial charge in [0.1, 0.15) is 5.75 Å². The number of ether oxygens (including phenoxy) is 1. The smallest absolute Gasteiger partial charge is 0.243 e. The van der Waals surface area contributed by atoms with Crippen LogP contribution in [0.25, 0.3) is 0 Å². The van der Waals surface area contributed by atoms with Crippen LogP contribution in [0.15, 0.2) is 53.4 Å². The molecular weight excluding hydrogens is 360 g/mol. The molecule has 0 unspecified atom stereocenters. The van der Waals surface area contributed by atoms with Crippen LogP contribution in [-0.2, 0) is 23.1 Å². The molecule has 0 saturated heterocycles. The lowest BCUT2D eigenvalue weighted by Crippen LogP contribution is -2.33. The van der Waals surface area contributed by atoms with Crippen LogP contribution in [-0.4, -0.2) is 32.4 Å². The van der Waals surface area contributed by atoms with Gasteiger partial charge < -0.3 is 10.1 Å². The summed E-state index contributed by atoms with van der Waals surface area (Å²) in [5, 5.41) is 3.39. The van der Waals surface area contributed by atoms with Gasteiger partial charge in [0.2, 0.25) is 10.0 Å². The van der Waals surface area contributed by atoms with Gasteiger partial charge in [-0.15, -0.1) is 0 Å². The van der Waals surface area contributed by atoms with Gasteiger partial charge in [0.05, 0.1) is 11.5 Å². The Balaban J connectivity index is 1.92. The molecule has 0 aliphatic carbocycles. The molecule has 148 valence electrons. The minimum absolute atomic E-state index is 0.0755. The Morgan fingerprint density at radius 3 is 2.33 bits per heavy atom. The van der Waals surface area contributed by atoms with E-state index in [0.717, 1.165) is 36.4 Å². The lowest BCUT2D eigenvalue weighted by Gasteiger charge is -2.21. The zero-order valence-corrected chi connectivity index (χ0v) is 17.4. The molecule has 0 fully saturated rings. The number of rotatable bonds is 10. The van der Waals surface area contributed by atoms with E-state index >= 15 is 0 Å². The van der Waals surface area contributed by atoms with Crippen molar-refractivity contribution in [2.24, 2.45) is 0 Å². The first-order valence-corrected chi connectivity index (χ1v) is 10.8. The van der Waals surface area contributed by atoms with Crippen LogP contribution in [0.1, 0.15) is 38.3 Å². The number of benzene rings is 2. The van der Waals surface area contributed by atoms with Crippen molar-refractivity contribution in [3.8, 4) is 5.75 Å². The first-order chi connectivity index (χ1) is 12.8. The van der Waals surface area contributed by atoms with Crippen molar-refractivity contribution in [2.75, 3.05) is 13.7 Å². The van der Waals surface area contributed by atoms with Crippen molar-refractivity contribution in [3.05, 3.63) is 59.7 Å². The molecule has 27 heavy (non-hydrogen) atoms. The monoisotopic (exact) mass is 390 g/mol. The highest BCUT2D eigenvalue weighted by molar-refractivity contribution is 7.89. The fraction of sp³-hybridized carbons (Fsp3) is 0.429. The number of hydrogen-bond donors (Lipinski definition) is 1. The molecule has 6 heteroatoms. The topological polar surface area (TPSA) is 58.6 Å². The quantitative estimate of drug-likeness (QED) is 0.670. The molecule has 2 aromatic carbocycles. The molecule has 0 amide bonds. The van der Waals surface area contributed by atoms with Gasteiger partial charge in [-0.3, -0.25) is 0 Å². The van der Waals surface area contributed by atoms with Crippen LogP contribution in [0.3, 0.4) is 0 Å². The Kier molecular flexibility index (Phi) is 7.83. The van der Waals surface area contributed by atoms with E-state index in [4.69, 9.17) is 4.74 Å². The second-order valence-electron chi connectivity index (χ2n) is 6.86. The van der Waals surface area contributed by atoms with Crippen LogP contribution in [0.2, 0.25) is 0 Å². The third-order valence-corrected chi connectivity index (χ3v) is 6.40. The van der Waals surface area contributed by atoms with Gasteiger partial charge in [-0.05, 0) is 55.7 Å². The summed E-state index contributed by atoms with van der Waals surface area (Å²) in [5.41, 5.74) is 2.20. The second kappa shape index (κ2) is 9.88. The molecular formula is C21H30N2O3S. The van der Waals surface area contributed by atoms with Crippen LogP contribution >= 0.6 is 0 Å². The summed E-state index contributed by atoms with van der Waals surface area (Å²) in [6, 6.07) is 15.0. The molecule has 0 atom stereocenters. The maximum absolute atomic E-state index is 12.5. The number of sulfonamides is 1. The Bertz CT molecular complexity index is 818. The Morgan fingerprint density at radius 1 is 1.04 bits per heavy atom. The summed E-state index contributed by atoms with van der Waals surface area (Å²) in [6.07, 6.45) is 0.987. The summed E-state index contributed by atoms with van der Waals surface area (Å²) in [6.45, 7) is 7.91. The molecule has 0 spiro atoms. The normalized spacial score (nSPS) is 11.9. The Morgan fingerprint density at radius 2 is 1.70 bits per heavy atom. The Labute approximate surface area is 163 Å². The molecule has 0 heterocycles. The average molecular weight is 391 g/mol. The SMILES string of the molecule is CCCOc1cccc(CNCc2ccc(S(=O)(=O)N(C)C(C)C)cc2)c1. The third-order valence-electron chi connectivity index (χ3n) is 4.36. The minimum Gasteiger partial charge on any atom is -0.494 e. The molecule has 2 rings (SSSR count). The van der Waals surface area contributed by atoms with Crippen LogP contribution in [0.4, 0.5) is 0 Å². The second-order valence-corrected chi connectivity index (χ2v) is 8.86. The fourth-order valence-corrected chi connectivity index (χ4v) is 3.91. The van der Waals surface area contributed by atoms with Gasteiger partial charge in [0, 0.05) is 26.2 Å². The number of nitrogens with one attached hydrogen (secondary N) is 1. The molecule has 0 saturated carbocycles. The largest absolute Gasteiger partial charge is 0.494 e. The van der Waals surface area contributed by atoms with Gasteiger partial charge >= 0.3 is 0 Å². The summed E-state index contributed by atoms with van der Waals surface area (Å²) in [5.74, 6) is 0.889. The van der Waals surface area contributed by atoms with Crippen LogP contribution in [0.5, 0.6) is 5.75 Å². The Hall–Kier alpha value is -1.89. The summed E-state index contributed by atoms with van der Waals surface area (Å²) in [7, 11) is -1.83. The first-order valence-electron chi connectivity index (χ1n) is 9.34. The van der Waals surface area contributed by atoms with Crippen LogP contribution in [0, 0.1) is 0 Å². The van der Waals surface area contributed by atoms with Crippen molar-refractivity contribution in [1.29, 1.82) is 0 Å². The molecule has 2 aromatic rings. The van der Waals surface area contributed by atoms with Crippen molar-refractivity contribution < 1.29 is 13.2 Å². The summed E-state index contributed by atoms with van der Waals surface area (Å²) in [4.78, 5) is 0.322. The molecule has 0 aromatic heterocycles. The maximum Gasteiger partial charge on any atom is 0.243 e. The molecule has 0 aliphatic heterocycles. The standard InChI is InChI=1S/C21H30N2O3S/c1-5-13-26-20-8-6-7-19(14-20)16-22-15-18-9-11-21(12-10-18)27(24,25)23(4)17(2)3/h6-12,14,17,22H,5,13,15-16H2,1-4H3. The van der Waals surface area contributed by atoms with E-state index in [1.165, 1.54) is 4.31 Å². The van der Waals surface area contributed by atoms with Crippen molar-refractivity contribution in [3.63, 3.8) is 0 Å². The molecule has 0 radical (unpaired) electrons. The molecule has 0 aliphatic rings. The van der Waals surface area contributed by atoms with Gasteiger partial charge in [-0.2, -0.15) is 4.31 Å².